The molecule has 0 spiro atoms. The number of carbonyl (C=O) groups is 1. The van der Waals surface area contributed by atoms with Gasteiger partial charge in [-0.1, -0.05) is 30.3 Å². The van der Waals surface area contributed by atoms with Gasteiger partial charge in [-0.25, -0.2) is 9.37 Å². The summed E-state index contributed by atoms with van der Waals surface area (Å²) in [5, 5.41) is 13.4. The van der Waals surface area contributed by atoms with Crippen LogP contribution in [-0.4, -0.2) is 32.6 Å². The van der Waals surface area contributed by atoms with Gasteiger partial charge in [0.05, 0.1) is 0 Å². The molecule has 5 rings (SSSR count). The van der Waals surface area contributed by atoms with Gasteiger partial charge in [-0.2, -0.15) is 10.1 Å². The van der Waals surface area contributed by atoms with Gasteiger partial charge in [0.15, 0.2) is 5.82 Å². The van der Waals surface area contributed by atoms with Gasteiger partial charge < -0.3 is 15.5 Å². The van der Waals surface area contributed by atoms with E-state index in [1.54, 1.807) is 6.20 Å². The predicted octanol–water partition coefficient (Wildman–Crippen LogP) is 3.77. The number of halogens is 1. The van der Waals surface area contributed by atoms with Gasteiger partial charge in [-0.05, 0) is 35.9 Å². The number of H-pyrrole nitrogens is 1. The largest absolute Gasteiger partial charge is 0.352 e. The molecule has 1 aliphatic heterocycles. The first-order valence-electron chi connectivity index (χ1n) is 10.6. The second-order valence-electron chi connectivity index (χ2n) is 7.74. The molecule has 3 N–H and O–H groups in total. The maximum Gasteiger partial charge on any atom is 0.256 e. The highest BCUT2D eigenvalue weighted by molar-refractivity contribution is 6.04. The van der Waals surface area contributed by atoms with Crippen LogP contribution in [0.15, 0.2) is 66.9 Å². The number of anilines is 3. The van der Waals surface area contributed by atoms with Crippen molar-refractivity contribution in [2.75, 3.05) is 22.1 Å². The summed E-state index contributed by atoms with van der Waals surface area (Å²) in [6.45, 7) is 1.94. The molecule has 0 aliphatic carbocycles. The van der Waals surface area contributed by atoms with Crippen LogP contribution in [0, 0.1) is 5.82 Å². The quantitative estimate of drug-likeness (QED) is 0.420. The lowest BCUT2D eigenvalue weighted by Gasteiger charge is -2.28. The van der Waals surface area contributed by atoms with E-state index in [4.69, 9.17) is 0 Å². The van der Waals surface area contributed by atoms with Gasteiger partial charge in [0.2, 0.25) is 5.95 Å². The molecule has 0 saturated heterocycles. The van der Waals surface area contributed by atoms with E-state index in [1.807, 2.05) is 36.4 Å². The fourth-order valence-corrected chi connectivity index (χ4v) is 3.76. The molecule has 1 aliphatic rings. The molecule has 0 unspecified atom stereocenters. The normalized spacial score (nSPS) is 12.8. The second-order valence-corrected chi connectivity index (χ2v) is 7.74. The highest BCUT2D eigenvalue weighted by Gasteiger charge is 2.24. The second kappa shape index (κ2) is 9.07. The Morgan fingerprint density at radius 1 is 1.09 bits per heavy atom. The van der Waals surface area contributed by atoms with Crippen molar-refractivity contribution in [1.29, 1.82) is 0 Å². The van der Waals surface area contributed by atoms with Crippen molar-refractivity contribution >= 4 is 23.5 Å². The molecule has 0 radical (unpaired) electrons. The SMILES string of the molecule is O=C(Nc1n[nH]c2c1CN(c1ccnc(NCc3ccccc3)n1)CC2)c1ccc(F)cc1. The lowest BCUT2D eigenvalue weighted by molar-refractivity contribution is 0.102. The molecule has 0 fully saturated rings. The van der Waals surface area contributed by atoms with Crippen LogP contribution in [0.3, 0.4) is 0 Å². The third kappa shape index (κ3) is 4.67. The van der Waals surface area contributed by atoms with Crippen molar-refractivity contribution in [1.82, 2.24) is 20.2 Å². The first-order chi connectivity index (χ1) is 16.2. The van der Waals surface area contributed by atoms with Crippen LogP contribution >= 0.6 is 0 Å². The number of aromatic amines is 1. The molecule has 0 atom stereocenters. The minimum Gasteiger partial charge on any atom is -0.352 e. The van der Waals surface area contributed by atoms with Gasteiger partial charge in [-0.15, -0.1) is 0 Å². The zero-order valence-corrected chi connectivity index (χ0v) is 17.8. The Bertz CT molecular complexity index is 1260. The van der Waals surface area contributed by atoms with E-state index in [0.29, 0.717) is 30.4 Å². The number of aromatic nitrogens is 4. The van der Waals surface area contributed by atoms with E-state index in [1.165, 1.54) is 24.3 Å². The van der Waals surface area contributed by atoms with Crippen molar-refractivity contribution in [3.63, 3.8) is 0 Å². The molecule has 33 heavy (non-hydrogen) atoms. The summed E-state index contributed by atoms with van der Waals surface area (Å²) < 4.78 is 13.2. The van der Waals surface area contributed by atoms with Gasteiger partial charge in [0, 0.05) is 49.1 Å². The number of carbonyl (C=O) groups excluding carboxylic acids is 1. The summed E-state index contributed by atoms with van der Waals surface area (Å²) in [5.41, 5.74) is 3.41. The van der Waals surface area contributed by atoms with Crippen LogP contribution in [0.5, 0.6) is 0 Å². The first-order valence-corrected chi connectivity index (χ1v) is 10.6. The molecular weight excluding hydrogens is 421 g/mol. The van der Waals surface area contributed by atoms with E-state index in [0.717, 1.165) is 35.6 Å². The summed E-state index contributed by atoms with van der Waals surface area (Å²) in [4.78, 5) is 23.7. The Kier molecular flexibility index (Phi) is 5.67. The van der Waals surface area contributed by atoms with Crippen LogP contribution in [0.25, 0.3) is 0 Å². The fourth-order valence-electron chi connectivity index (χ4n) is 3.76. The van der Waals surface area contributed by atoms with Crippen LogP contribution in [0.1, 0.15) is 27.2 Å². The van der Waals surface area contributed by atoms with Crippen molar-refractivity contribution in [2.45, 2.75) is 19.5 Å². The molecule has 2 aromatic carbocycles. The Morgan fingerprint density at radius 3 is 2.73 bits per heavy atom. The summed E-state index contributed by atoms with van der Waals surface area (Å²) in [6, 6.07) is 17.3. The third-order valence-electron chi connectivity index (χ3n) is 5.53. The molecule has 0 bridgehead atoms. The smallest absolute Gasteiger partial charge is 0.256 e. The Labute approximate surface area is 189 Å². The Hall–Kier alpha value is -4.27. The standard InChI is InChI=1S/C24H22FN7O/c25-18-8-6-17(7-9-18)23(33)29-22-19-15-32(13-11-20(19)30-31-22)21-10-12-26-24(28-21)27-14-16-4-2-1-3-5-16/h1-10,12H,11,13-15H2,(H,26,27,28)(H2,29,30,31,33). The molecule has 3 heterocycles. The minimum absolute atomic E-state index is 0.337. The van der Waals surface area contributed by atoms with Gasteiger partial charge in [-0.3, -0.25) is 9.89 Å². The lowest BCUT2D eigenvalue weighted by atomic mass is 10.1. The maximum atomic E-state index is 13.2. The van der Waals surface area contributed by atoms with Crippen LogP contribution in [-0.2, 0) is 19.5 Å². The van der Waals surface area contributed by atoms with Crippen LogP contribution < -0.4 is 15.5 Å². The minimum atomic E-state index is -0.387. The number of hydrogen-bond acceptors (Lipinski definition) is 6. The molecule has 9 heteroatoms. The van der Waals surface area contributed by atoms with E-state index >= 15 is 0 Å². The molecule has 1 amide bonds. The van der Waals surface area contributed by atoms with Gasteiger partial charge in [0.25, 0.3) is 5.91 Å². The molecular formula is C24H22FN7O. The van der Waals surface area contributed by atoms with Gasteiger partial charge in [0.1, 0.15) is 11.6 Å². The maximum absolute atomic E-state index is 13.2. The van der Waals surface area contributed by atoms with Crippen LogP contribution in [0.2, 0.25) is 0 Å². The number of nitrogens with one attached hydrogen (secondary N) is 3. The first kappa shape index (κ1) is 20.6. The average Bonchev–Trinajstić information content (AvgIpc) is 3.26. The number of nitrogens with zero attached hydrogens (tertiary/aromatic N) is 4. The fraction of sp³-hybridized carbons (Fsp3) is 0.167. The third-order valence-corrected chi connectivity index (χ3v) is 5.53. The van der Waals surface area contributed by atoms with Gasteiger partial charge >= 0.3 is 0 Å². The van der Waals surface area contributed by atoms with Crippen molar-refractivity contribution in [3.05, 3.63) is 95.1 Å². The number of rotatable bonds is 6. The van der Waals surface area contributed by atoms with E-state index < -0.39 is 0 Å². The molecule has 8 nitrogen and oxygen atoms in total. The van der Waals surface area contributed by atoms with Crippen LogP contribution in [0.4, 0.5) is 22.0 Å². The zero-order valence-electron chi connectivity index (χ0n) is 17.8. The number of fused-ring (bicyclic) bond motifs is 1. The van der Waals surface area contributed by atoms with Crippen molar-refractivity contribution in [2.24, 2.45) is 0 Å². The molecule has 166 valence electrons. The average molecular weight is 443 g/mol. The highest BCUT2D eigenvalue weighted by Crippen LogP contribution is 2.27. The zero-order chi connectivity index (χ0) is 22.6. The number of benzene rings is 2. The molecule has 4 aromatic rings. The summed E-state index contributed by atoms with van der Waals surface area (Å²) >= 11 is 0. The predicted molar refractivity (Wildman–Crippen MR) is 123 cm³/mol. The number of amides is 1. The van der Waals surface area contributed by atoms with Crippen molar-refractivity contribution < 1.29 is 9.18 Å². The lowest BCUT2D eigenvalue weighted by Crippen LogP contribution is -2.31. The topological polar surface area (TPSA) is 98.8 Å². The monoisotopic (exact) mass is 443 g/mol. The molecule has 0 saturated carbocycles. The highest BCUT2D eigenvalue weighted by atomic mass is 19.1. The van der Waals surface area contributed by atoms with E-state index in [9.17, 15) is 9.18 Å². The van der Waals surface area contributed by atoms with E-state index in [-0.39, 0.29) is 11.7 Å². The number of hydrogen-bond donors (Lipinski definition) is 3. The van der Waals surface area contributed by atoms with Crippen molar-refractivity contribution in [3.8, 4) is 0 Å². The summed E-state index contributed by atoms with van der Waals surface area (Å²) in [6.07, 6.45) is 2.48. The summed E-state index contributed by atoms with van der Waals surface area (Å²) in [7, 11) is 0. The summed E-state index contributed by atoms with van der Waals surface area (Å²) in [5.74, 6) is 1.10. The Morgan fingerprint density at radius 2 is 1.91 bits per heavy atom. The Balaban J connectivity index is 1.28. The molecule has 2 aromatic heterocycles. The van der Waals surface area contributed by atoms with E-state index in [2.05, 4.69) is 35.7 Å².